The Morgan fingerprint density at radius 3 is 2.42 bits per heavy atom. The van der Waals surface area contributed by atoms with E-state index in [2.05, 4.69) is 17.4 Å². The van der Waals surface area contributed by atoms with E-state index in [1.807, 2.05) is 54.4 Å². The first-order valence-electron chi connectivity index (χ1n) is 8.29. The highest BCUT2D eigenvalue weighted by atomic mass is 16.5. The van der Waals surface area contributed by atoms with E-state index in [1.165, 1.54) is 5.56 Å². The molecule has 0 atom stereocenters. The largest absolute Gasteiger partial charge is 0.497 e. The predicted molar refractivity (Wildman–Crippen MR) is 97.1 cm³/mol. The predicted octanol–water partition coefficient (Wildman–Crippen LogP) is 2.88. The molecule has 4 heteroatoms. The third-order valence-corrected chi connectivity index (χ3v) is 3.83. The van der Waals surface area contributed by atoms with E-state index in [-0.39, 0.29) is 5.91 Å². The molecule has 2 aromatic carbocycles. The molecular formula is C20H26N2O2. The number of hydrogen-bond donors (Lipinski definition) is 1. The lowest BCUT2D eigenvalue weighted by atomic mass is 10.1. The molecule has 0 aliphatic rings. The smallest absolute Gasteiger partial charge is 0.234 e. The first-order chi connectivity index (χ1) is 11.7. The molecule has 4 nitrogen and oxygen atoms in total. The Morgan fingerprint density at radius 2 is 1.75 bits per heavy atom. The quantitative estimate of drug-likeness (QED) is 0.721. The maximum atomic E-state index is 12.0. The maximum absolute atomic E-state index is 12.0. The van der Waals surface area contributed by atoms with Crippen LogP contribution < -0.4 is 10.1 Å². The normalized spacial score (nSPS) is 10.6. The lowest BCUT2D eigenvalue weighted by Crippen LogP contribution is -2.35. The molecule has 2 rings (SSSR count). The van der Waals surface area contributed by atoms with Crippen molar-refractivity contribution in [3.05, 3.63) is 65.7 Å². The minimum Gasteiger partial charge on any atom is -0.497 e. The van der Waals surface area contributed by atoms with E-state index >= 15 is 0 Å². The second kappa shape index (κ2) is 9.73. The van der Waals surface area contributed by atoms with Gasteiger partial charge in [-0.3, -0.25) is 9.69 Å². The van der Waals surface area contributed by atoms with Crippen molar-refractivity contribution in [1.82, 2.24) is 10.2 Å². The molecule has 0 aromatic heterocycles. The molecule has 0 bridgehead atoms. The van der Waals surface area contributed by atoms with Crippen LogP contribution in [-0.4, -0.2) is 38.1 Å². The fraction of sp³-hybridized carbons (Fsp3) is 0.350. The number of methoxy groups -OCH3 is 1. The zero-order valence-electron chi connectivity index (χ0n) is 14.5. The summed E-state index contributed by atoms with van der Waals surface area (Å²) >= 11 is 0. The molecule has 128 valence electrons. The second-order valence-corrected chi connectivity index (χ2v) is 5.96. The first kappa shape index (κ1) is 18.0. The van der Waals surface area contributed by atoms with E-state index in [0.717, 1.165) is 30.7 Å². The van der Waals surface area contributed by atoms with Crippen molar-refractivity contribution in [2.45, 2.75) is 19.4 Å². The zero-order chi connectivity index (χ0) is 17.2. The summed E-state index contributed by atoms with van der Waals surface area (Å²) in [5.41, 5.74) is 2.47. The van der Waals surface area contributed by atoms with Crippen LogP contribution in [0.2, 0.25) is 0 Å². The first-order valence-corrected chi connectivity index (χ1v) is 8.29. The van der Waals surface area contributed by atoms with Gasteiger partial charge >= 0.3 is 0 Å². The highest BCUT2D eigenvalue weighted by Crippen LogP contribution is 2.12. The number of benzene rings is 2. The van der Waals surface area contributed by atoms with Crippen LogP contribution in [0.15, 0.2) is 54.6 Å². The fourth-order valence-electron chi connectivity index (χ4n) is 2.56. The summed E-state index contributed by atoms with van der Waals surface area (Å²) in [6.07, 6.45) is 1.95. The van der Waals surface area contributed by atoms with Crippen molar-refractivity contribution in [3.8, 4) is 5.75 Å². The molecule has 0 unspecified atom stereocenters. The molecule has 0 aliphatic carbocycles. The third-order valence-electron chi connectivity index (χ3n) is 3.83. The summed E-state index contributed by atoms with van der Waals surface area (Å²) in [5.74, 6) is 0.914. The average Bonchev–Trinajstić information content (AvgIpc) is 2.60. The monoisotopic (exact) mass is 326 g/mol. The van der Waals surface area contributed by atoms with Crippen molar-refractivity contribution in [2.75, 3.05) is 27.2 Å². The minimum atomic E-state index is 0.0686. The number of rotatable bonds is 9. The molecule has 24 heavy (non-hydrogen) atoms. The van der Waals surface area contributed by atoms with Gasteiger partial charge in [0, 0.05) is 13.1 Å². The Bertz CT molecular complexity index is 611. The standard InChI is InChI=1S/C20H26N2O2/c1-22(15-18-10-12-19(24-2)13-11-18)16-20(23)21-14-6-9-17-7-4-3-5-8-17/h3-5,7-8,10-13H,6,9,14-16H2,1-2H3,(H,21,23). The molecule has 0 saturated heterocycles. The third kappa shape index (κ3) is 6.42. The number of carbonyl (C=O) groups is 1. The molecule has 0 aliphatic heterocycles. The van der Waals surface area contributed by atoms with Gasteiger partial charge in [0.25, 0.3) is 0 Å². The van der Waals surface area contributed by atoms with Gasteiger partial charge in [-0.15, -0.1) is 0 Å². The highest BCUT2D eigenvalue weighted by molar-refractivity contribution is 5.77. The molecule has 0 heterocycles. The average molecular weight is 326 g/mol. The fourth-order valence-corrected chi connectivity index (χ4v) is 2.56. The Morgan fingerprint density at radius 1 is 1.04 bits per heavy atom. The van der Waals surface area contributed by atoms with Crippen LogP contribution in [0.25, 0.3) is 0 Å². The summed E-state index contributed by atoms with van der Waals surface area (Å²) in [6.45, 7) is 1.85. The summed E-state index contributed by atoms with van der Waals surface area (Å²) in [7, 11) is 3.61. The summed E-state index contributed by atoms with van der Waals surface area (Å²) in [4.78, 5) is 14.0. The lowest BCUT2D eigenvalue weighted by molar-refractivity contribution is -0.122. The van der Waals surface area contributed by atoms with Crippen molar-refractivity contribution < 1.29 is 9.53 Å². The lowest BCUT2D eigenvalue weighted by Gasteiger charge is -2.16. The van der Waals surface area contributed by atoms with Gasteiger partial charge in [-0.1, -0.05) is 42.5 Å². The van der Waals surface area contributed by atoms with Gasteiger partial charge in [-0.2, -0.15) is 0 Å². The second-order valence-electron chi connectivity index (χ2n) is 5.96. The van der Waals surface area contributed by atoms with Crippen molar-refractivity contribution in [1.29, 1.82) is 0 Å². The molecule has 2 aromatic rings. The number of amides is 1. The van der Waals surface area contributed by atoms with E-state index < -0.39 is 0 Å². The highest BCUT2D eigenvalue weighted by Gasteiger charge is 2.07. The Balaban J connectivity index is 1.64. The van der Waals surface area contributed by atoms with Crippen molar-refractivity contribution in [2.24, 2.45) is 0 Å². The van der Waals surface area contributed by atoms with E-state index in [9.17, 15) is 4.79 Å². The SMILES string of the molecule is COc1ccc(CN(C)CC(=O)NCCCc2ccccc2)cc1. The summed E-state index contributed by atoms with van der Waals surface area (Å²) < 4.78 is 5.15. The van der Waals surface area contributed by atoms with Crippen LogP contribution >= 0.6 is 0 Å². The van der Waals surface area contributed by atoms with Crippen LogP contribution in [-0.2, 0) is 17.8 Å². The molecular weight excluding hydrogens is 300 g/mol. The number of nitrogens with zero attached hydrogens (tertiary/aromatic N) is 1. The number of nitrogens with one attached hydrogen (secondary N) is 1. The maximum Gasteiger partial charge on any atom is 0.234 e. The molecule has 1 N–H and O–H groups in total. The van der Waals surface area contributed by atoms with Gasteiger partial charge in [0.2, 0.25) is 5.91 Å². The Kier molecular flexibility index (Phi) is 7.30. The molecule has 0 fully saturated rings. The summed E-state index contributed by atoms with van der Waals surface area (Å²) in [5, 5.41) is 2.99. The number of likely N-dealkylation sites (N-methyl/N-ethyl adjacent to an activating group) is 1. The zero-order valence-corrected chi connectivity index (χ0v) is 14.5. The van der Waals surface area contributed by atoms with Gasteiger partial charge in [0.15, 0.2) is 0 Å². The number of carbonyl (C=O) groups excluding carboxylic acids is 1. The van der Waals surface area contributed by atoms with Crippen molar-refractivity contribution >= 4 is 5.91 Å². The van der Waals surface area contributed by atoms with Gasteiger partial charge < -0.3 is 10.1 Å². The molecule has 0 radical (unpaired) electrons. The van der Waals surface area contributed by atoms with Gasteiger partial charge in [-0.05, 0) is 43.1 Å². The van der Waals surface area contributed by atoms with Crippen molar-refractivity contribution in [3.63, 3.8) is 0 Å². The molecule has 1 amide bonds. The Labute approximate surface area is 144 Å². The van der Waals surface area contributed by atoms with Gasteiger partial charge in [0.05, 0.1) is 13.7 Å². The number of aryl methyl sites for hydroxylation is 1. The van der Waals surface area contributed by atoms with E-state index in [0.29, 0.717) is 13.1 Å². The molecule has 0 spiro atoms. The van der Waals surface area contributed by atoms with E-state index in [1.54, 1.807) is 7.11 Å². The van der Waals surface area contributed by atoms with Crippen LogP contribution in [0.1, 0.15) is 17.5 Å². The number of ether oxygens (including phenoxy) is 1. The topological polar surface area (TPSA) is 41.6 Å². The van der Waals surface area contributed by atoms with Crippen LogP contribution in [0, 0.1) is 0 Å². The van der Waals surface area contributed by atoms with Crippen LogP contribution in [0.3, 0.4) is 0 Å². The Hall–Kier alpha value is -2.33. The van der Waals surface area contributed by atoms with E-state index in [4.69, 9.17) is 4.74 Å². The minimum absolute atomic E-state index is 0.0686. The summed E-state index contributed by atoms with van der Waals surface area (Å²) in [6, 6.07) is 18.3. The van der Waals surface area contributed by atoms with Crippen LogP contribution in [0.4, 0.5) is 0 Å². The van der Waals surface area contributed by atoms with Crippen LogP contribution in [0.5, 0.6) is 5.75 Å². The molecule has 0 saturated carbocycles. The number of hydrogen-bond acceptors (Lipinski definition) is 3. The van der Waals surface area contributed by atoms with Gasteiger partial charge in [-0.25, -0.2) is 0 Å². The van der Waals surface area contributed by atoms with Gasteiger partial charge in [0.1, 0.15) is 5.75 Å².